The van der Waals surface area contributed by atoms with E-state index < -0.39 is 30.8 Å². The molecule has 0 unspecified atom stereocenters. The van der Waals surface area contributed by atoms with Gasteiger partial charge < -0.3 is 30.1 Å². The number of carbonyl (C=O) groups excluding carboxylic acids is 1. The van der Waals surface area contributed by atoms with Crippen LogP contribution in [0.1, 0.15) is 0 Å². The lowest BCUT2D eigenvalue weighted by Crippen LogP contribution is -2.52. The first-order chi connectivity index (χ1) is 7.57. The summed E-state index contributed by atoms with van der Waals surface area (Å²) in [5, 5.41) is 36.5. The summed E-state index contributed by atoms with van der Waals surface area (Å²) in [4.78, 5) is 13.0. The van der Waals surface area contributed by atoms with Crippen molar-refractivity contribution < 1.29 is 30.0 Å². The number of nitrogens with zero attached hydrogens (tertiary/aromatic N) is 1. The van der Waals surface area contributed by atoms with Crippen LogP contribution in [-0.4, -0.2) is 82.5 Å². The molecule has 1 aliphatic heterocycles. The first kappa shape index (κ1) is 13.3. The Labute approximate surface area is 92.9 Å². The van der Waals surface area contributed by atoms with Gasteiger partial charge in [-0.05, 0) is 0 Å². The predicted octanol–water partition coefficient (Wildman–Crippen LogP) is -3.08. The Morgan fingerprint density at radius 3 is 2.31 bits per heavy atom. The molecule has 0 aromatic carbocycles. The molecule has 0 aromatic rings. The number of rotatable bonds is 4. The van der Waals surface area contributed by atoms with E-state index in [0.717, 1.165) is 0 Å². The van der Waals surface area contributed by atoms with Gasteiger partial charge in [0, 0.05) is 13.1 Å². The molecule has 1 amide bonds. The molecule has 7 nitrogen and oxygen atoms in total. The van der Waals surface area contributed by atoms with Crippen LogP contribution < -0.4 is 0 Å². The molecule has 3 atom stereocenters. The highest BCUT2D eigenvalue weighted by atomic mass is 16.5. The molecular weight excluding hydrogens is 218 g/mol. The molecule has 0 aliphatic carbocycles. The van der Waals surface area contributed by atoms with Crippen molar-refractivity contribution >= 4 is 5.91 Å². The van der Waals surface area contributed by atoms with Gasteiger partial charge in [0.15, 0.2) is 6.10 Å². The van der Waals surface area contributed by atoms with Gasteiger partial charge in [0.25, 0.3) is 5.91 Å². The monoisotopic (exact) mass is 235 g/mol. The number of aliphatic hydroxyl groups excluding tert-OH is 4. The van der Waals surface area contributed by atoms with Crippen molar-refractivity contribution in [2.75, 3.05) is 32.9 Å². The second-order valence-corrected chi connectivity index (χ2v) is 3.62. The van der Waals surface area contributed by atoms with E-state index in [4.69, 9.17) is 14.9 Å². The van der Waals surface area contributed by atoms with E-state index in [1.807, 2.05) is 0 Å². The average molecular weight is 235 g/mol. The quantitative estimate of drug-likeness (QED) is 0.411. The highest BCUT2D eigenvalue weighted by molar-refractivity contribution is 5.81. The van der Waals surface area contributed by atoms with Crippen molar-refractivity contribution in [3.8, 4) is 0 Å². The highest BCUT2D eigenvalue weighted by Crippen LogP contribution is 2.06. The van der Waals surface area contributed by atoms with Crippen LogP contribution in [0.5, 0.6) is 0 Å². The zero-order chi connectivity index (χ0) is 12.1. The molecule has 0 bridgehead atoms. The fourth-order valence-electron chi connectivity index (χ4n) is 1.44. The van der Waals surface area contributed by atoms with E-state index in [1.165, 1.54) is 4.90 Å². The minimum atomic E-state index is -1.72. The topological polar surface area (TPSA) is 110 Å². The van der Waals surface area contributed by atoms with Crippen molar-refractivity contribution in [2.24, 2.45) is 0 Å². The number of amides is 1. The van der Waals surface area contributed by atoms with Gasteiger partial charge in [-0.15, -0.1) is 0 Å². The van der Waals surface area contributed by atoms with Crippen LogP contribution in [0.15, 0.2) is 0 Å². The molecule has 0 saturated carbocycles. The third kappa shape index (κ3) is 3.13. The summed E-state index contributed by atoms with van der Waals surface area (Å²) in [6.45, 7) is 0.749. The van der Waals surface area contributed by atoms with Gasteiger partial charge >= 0.3 is 0 Å². The summed E-state index contributed by atoms with van der Waals surface area (Å²) < 4.78 is 5.03. The maximum atomic E-state index is 11.6. The molecule has 16 heavy (non-hydrogen) atoms. The van der Waals surface area contributed by atoms with Gasteiger partial charge in [-0.3, -0.25) is 4.79 Å². The number of aliphatic hydroxyl groups is 4. The van der Waals surface area contributed by atoms with E-state index in [9.17, 15) is 15.0 Å². The van der Waals surface area contributed by atoms with E-state index in [-0.39, 0.29) is 0 Å². The van der Waals surface area contributed by atoms with Gasteiger partial charge in [0.1, 0.15) is 12.2 Å². The summed E-state index contributed by atoms with van der Waals surface area (Å²) in [5.74, 6) is -0.664. The Kier molecular flexibility index (Phi) is 5.10. The van der Waals surface area contributed by atoms with Crippen LogP contribution in [0.2, 0.25) is 0 Å². The van der Waals surface area contributed by atoms with Crippen LogP contribution in [0.25, 0.3) is 0 Å². The third-order valence-electron chi connectivity index (χ3n) is 2.48. The molecular formula is C9H17NO6. The summed E-state index contributed by atoms with van der Waals surface area (Å²) in [5.41, 5.74) is 0. The summed E-state index contributed by atoms with van der Waals surface area (Å²) in [6.07, 6.45) is -4.93. The standard InChI is InChI=1S/C9H17NO6/c11-5-6(12)7(13)8(14)9(15)10-1-3-16-4-2-10/h6-8,11-14H,1-5H2/t6-,7-,8-/m1/s1. The van der Waals surface area contributed by atoms with Gasteiger partial charge in [-0.2, -0.15) is 0 Å². The fraction of sp³-hybridized carbons (Fsp3) is 0.889. The minimum Gasteiger partial charge on any atom is -0.394 e. The number of hydrogen-bond acceptors (Lipinski definition) is 6. The lowest BCUT2D eigenvalue weighted by Gasteiger charge is -2.30. The van der Waals surface area contributed by atoms with E-state index in [0.29, 0.717) is 26.3 Å². The van der Waals surface area contributed by atoms with Crippen molar-refractivity contribution in [1.82, 2.24) is 4.90 Å². The van der Waals surface area contributed by atoms with Gasteiger partial charge in [-0.25, -0.2) is 0 Å². The zero-order valence-electron chi connectivity index (χ0n) is 8.82. The normalized spacial score (nSPS) is 22.6. The predicted molar refractivity (Wildman–Crippen MR) is 52.5 cm³/mol. The maximum Gasteiger partial charge on any atom is 0.254 e. The Morgan fingerprint density at radius 2 is 1.81 bits per heavy atom. The number of morpholine rings is 1. The van der Waals surface area contributed by atoms with Crippen molar-refractivity contribution in [3.63, 3.8) is 0 Å². The lowest BCUT2D eigenvalue weighted by atomic mass is 10.1. The summed E-state index contributed by atoms with van der Waals surface area (Å²) in [6, 6.07) is 0. The molecule has 0 spiro atoms. The smallest absolute Gasteiger partial charge is 0.254 e. The average Bonchev–Trinajstić information content (AvgIpc) is 2.36. The van der Waals surface area contributed by atoms with Crippen molar-refractivity contribution in [3.05, 3.63) is 0 Å². The Hall–Kier alpha value is -0.730. The first-order valence-electron chi connectivity index (χ1n) is 5.09. The molecule has 0 aromatic heterocycles. The fourth-order valence-corrected chi connectivity index (χ4v) is 1.44. The molecule has 94 valence electrons. The molecule has 7 heteroatoms. The van der Waals surface area contributed by atoms with Crippen LogP contribution in [0.4, 0.5) is 0 Å². The zero-order valence-corrected chi connectivity index (χ0v) is 8.82. The van der Waals surface area contributed by atoms with E-state index >= 15 is 0 Å². The van der Waals surface area contributed by atoms with Crippen molar-refractivity contribution in [2.45, 2.75) is 18.3 Å². The second kappa shape index (κ2) is 6.12. The molecule has 0 radical (unpaired) electrons. The van der Waals surface area contributed by atoms with Crippen LogP contribution >= 0.6 is 0 Å². The molecule has 1 saturated heterocycles. The highest BCUT2D eigenvalue weighted by Gasteiger charge is 2.33. The Balaban J connectivity index is 2.51. The van der Waals surface area contributed by atoms with Gasteiger partial charge in [0.05, 0.1) is 19.8 Å². The van der Waals surface area contributed by atoms with E-state index in [2.05, 4.69) is 0 Å². The number of hydrogen-bond donors (Lipinski definition) is 4. The van der Waals surface area contributed by atoms with Crippen LogP contribution in [-0.2, 0) is 9.53 Å². The van der Waals surface area contributed by atoms with Crippen LogP contribution in [0, 0.1) is 0 Å². The molecule has 1 heterocycles. The number of ether oxygens (including phenoxy) is 1. The van der Waals surface area contributed by atoms with Crippen molar-refractivity contribution in [1.29, 1.82) is 0 Å². The van der Waals surface area contributed by atoms with Gasteiger partial charge in [-0.1, -0.05) is 0 Å². The molecule has 1 fully saturated rings. The largest absolute Gasteiger partial charge is 0.394 e. The Bertz CT molecular complexity index is 230. The maximum absolute atomic E-state index is 11.6. The minimum absolute atomic E-state index is 0.345. The third-order valence-corrected chi connectivity index (χ3v) is 2.48. The second-order valence-electron chi connectivity index (χ2n) is 3.62. The molecule has 1 aliphatic rings. The Morgan fingerprint density at radius 1 is 1.25 bits per heavy atom. The van der Waals surface area contributed by atoms with Gasteiger partial charge in [0.2, 0.25) is 0 Å². The molecule has 4 N–H and O–H groups in total. The molecule has 1 rings (SSSR count). The van der Waals surface area contributed by atoms with E-state index in [1.54, 1.807) is 0 Å². The number of carbonyl (C=O) groups is 1. The first-order valence-corrected chi connectivity index (χ1v) is 5.09. The lowest BCUT2D eigenvalue weighted by molar-refractivity contribution is -0.156. The summed E-state index contributed by atoms with van der Waals surface area (Å²) >= 11 is 0. The van der Waals surface area contributed by atoms with Crippen LogP contribution in [0.3, 0.4) is 0 Å². The summed E-state index contributed by atoms with van der Waals surface area (Å²) in [7, 11) is 0. The SMILES string of the molecule is O=C([C@H](O)[C@H](O)[C@H](O)CO)N1CCOCC1.